The van der Waals surface area contributed by atoms with Crippen molar-refractivity contribution < 1.29 is 31.1 Å². The van der Waals surface area contributed by atoms with Crippen molar-refractivity contribution in [2.75, 3.05) is 17.7 Å². The van der Waals surface area contributed by atoms with E-state index in [1.165, 1.54) is 20.1 Å². The van der Waals surface area contributed by atoms with Crippen LogP contribution in [0.15, 0.2) is 48.5 Å². The lowest BCUT2D eigenvalue weighted by Gasteiger charge is -2.28. The minimum Gasteiger partial charge on any atom is -0.496 e. The zero-order valence-electron chi connectivity index (χ0n) is 16.0. The second kappa shape index (κ2) is 8.73. The second-order valence-corrected chi connectivity index (χ2v) is 8.17. The van der Waals surface area contributed by atoms with Crippen LogP contribution in [0.5, 0.6) is 5.75 Å². The van der Waals surface area contributed by atoms with Crippen LogP contribution >= 0.6 is 0 Å². The topological polar surface area (TPSA) is 75.7 Å². The van der Waals surface area contributed by atoms with E-state index in [4.69, 9.17) is 4.74 Å². The average molecular weight is 430 g/mol. The number of methoxy groups -OCH3 is 1. The highest BCUT2D eigenvalue weighted by Gasteiger charge is 2.34. The third kappa shape index (κ3) is 5.63. The monoisotopic (exact) mass is 430 g/mol. The van der Waals surface area contributed by atoms with Crippen LogP contribution in [0.2, 0.25) is 0 Å². The molecule has 2 aromatic rings. The van der Waals surface area contributed by atoms with Gasteiger partial charge in [-0.05, 0) is 31.2 Å². The van der Waals surface area contributed by atoms with Crippen molar-refractivity contribution in [3.8, 4) is 5.75 Å². The molecule has 0 saturated carbocycles. The number of nitrogens with one attached hydrogen (secondary N) is 1. The van der Waals surface area contributed by atoms with E-state index in [2.05, 4.69) is 5.32 Å². The Balaban J connectivity index is 2.28. The first-order valence-corrected chi connectivity index (χ1v) is 10.4. The van der Waals surface area contributed by atoms with Crippen LogP contribution in [0.4, 0.5) is 18.9 Å². The molecule has 29 heavy (non-hydrogen) atoms. The van der Waals surface area contributed by atoms with Gasteiger partial charge in [0, 0.05) is 12.1 Å². The number of nitrogens with zero attached hydrogens (tertiary/aromatic N) is 1. The molecule has 1 atom stereocenters. The van der Waals surface area contributed by atoms with Gasteiger partial charge in [-0.2, -0.15) is 13.2 Å². The van der Waals surface area contributed by atoms with Gasteiger partial charge >= 0.3 is 6.18 Å². The number of halogens is 3. The Labute approximate surface area is 167 Å². The average Bonchev–Trinajstić information content (AvgIpc) is 2.64. The summed E-state index contributed by atoms with van der Waals surface area (Å²) in [7, 11) is -2.57. The van der Waals surface area contributed by atoms with Gasteiger partial charge in [-0.25, -0.2) is 8.42 Å². The predicted octanol–water partition coefficient (Wildman–Crippen LogP) is 3.18. The van der Waals surface area contributed by atoms with Gasteiger partial charge in [0.2, 0.25) is 15.9 Å². The maximum atomic E-state index is 13.0. The SMILES string of the molecule is COc1ccccc1CNC(=O)[C@@H](C)N(c1cccc(C(F)(F)F)c1)S(C)(=O)=O. The highest BCUT2D eigenvalue weighted by atomic mass is 32.2. The lowest BCUT2D eigenvalue weighted by atomic mass is 10.1. The zero-order valence-corrected chi connectivity index (χ0v) is 16.8. The Hall–Kier alpha value is -2.75. The van der Waals surface area contributed by atoms with Crippen LogP contribution in [-0.4, -0.2) is 33.7 Å². The van der Waals surface area contributed by atoms with E-state index in [0.29, 0.717) is 21.7 Å². The van der Waals surface area contributed by atoms with E-state index < -0.39 is 33.7 Å². The molecule has 1 amide bonds. The van der Waals surface area contributed by atoms with Crippen LogP contribution < -0.4 is 14.4 Å². The van der Waals surface area contributed by atoms with Crippen LogP contribution in [-0.2, 0) is 27.5 Å². The first-order valence-electron chi connectivity index (χ1n) is 8.51. The minimum absolute atomic E-state index is 0.0629. The molecule has 0 heterocycles. The smallest absolute Gasteiger partial charge is 0.416 e. The number of rotatable bonds is 7. The second-order valence-electron chi connectivity index (χ2n) is 6.31. The summed E-state index contributed by atoms with van der Waals surface area (Å²) in [5, 5.41) is 2.59. The fraction of sp³-hybridized carbons (Fsp3) is 0.316. The molecule has 2 aromatic carbocycles. The van der Waals surface area contributed by atoms with Crippen LogP contribution in [0.1, 0.15) is 18.1 Å². The molecule has 0 unspecified atom stereocenters. The van der Waals surface area contributed by atoms with Crippen molar-refractivity contribution in [2.45, 2.75) is 25.7 Å². The minimum atomic E-state index is -4.64. The molecule has 0 bridgehead atoms. The highest BCUT2D eigenvalue weighted by molar-refractivity contribution is 7.92. The predicted molar refractivity (Wildman–Crippen MR) is 103 cm³/mol. The Kier molecular flexibility index (Phi) is 6.78. The molecule has 1 N–H and O–H groups in total. The van der Waals surface area contributed by atoms with Crippen LogP contribution in [0.25, 0.3) is 0 Å². The van der Waals surface area contributed by atoms with Crippen LogP contribution in [0, 0.1) is 0 Å². The van der Waals surface area contributed by atoms with Crippen molar-refractivity contribution in [1.82, 2.24) is 5.32 Å². The maximum Gasteiger partial charge on any atom is 0.416 e. The molecule has 10 heteroatoms. The van der Waals surface area contributed by atoms with E-state index >= 15 is 0 Å². The lowest BCUT2D eigenvalue weighted by Crippen LogP contribution is -2.47. The molecule has 0 aromatic heterocycles. The summed E-state index contributed by atoms with van der Waals surface area (Å²) in [5.74, 6) is -0.128. The number of alkyl halides is 3. The summed E-state index contributed by atoms with van der Waals surface area (Å²) in [6.45, 7) is 1.37. The molecular formula is C19H21F3N2O4S. The van der Waals surface area contributed by atoms with Crippen molar-refractivity contribution in [3.63, 3.8) is 0 Å². The van der Waals surface area contributed by atoms with Gasteiger partial charge in [0.1, 0.15) is 11.8 Å². The van der Waals surface area contributed by atoms with E-state index in [1.54, 1.807) is 24.3 Å². The Morgan fingerprint density at radius 3 is 2.41 bits per heavy atom. The number of hydrogen-bond acceptors (Lipinski definition) is 4. The van der Waals surface area contributed by atoms with Crippen LogP contribution in [0.3, 0.4) is 0 Å². The molecule has 0 radical (unpaired) electrons. The molecular weight excluding hydrogens is 409 g/mol. The largest absolute Gasteiger partial charge is 0.496 e. The number of hydrogen-bond donors (Lipinski definition) is 1. The van der Waals surface area contributed by atoms with Gasteiger partial charge in [0.15, 0.2) is 0 Å². The Bertz CT molecular complexity index is 977. The van der Waals surface area contributed by atoms with Crippen molar-refractivity contribution in [1.29, 1.82) is 0 Å². The molecule has 0 aliphatic heterocycles. The first kappa shape index (κ1) is 22.5. The Morgan fingerprint density at radius 1 is 1.17 bits per heavy atom. The number of benzene rings is 2. The third-order valence-electron chi connectivity index (χ3n) is 4.16. The number of ether oxygens (including phenoxy) is 1. The number of anilines is 1. The van der Waals surface area contributed by atoms with E-state index in [9.17, 15) is 26.4 Å². The molecule has 6 nitrogen and oxygen atoms in total. The van der Waals surface area contributed by atoms with E-state index in [0.717, 1.165) is 18.4 Å². The molecule has 0 aliphatic rings. The van der Waals surface area contributed by atoms with Gasteiger partial charge in [0.25, 0.3) is 0 Å². The number of sulfonamides is 1. The summed E-state index contributed by atoms with van der Waals surface area (Å²) >= 11 is 0. The number of carbonyl (C=O) groups excluding carboxylic acids is 1. The van der Waals surface area contributed by atoms with E-state index in [1.807, 2.05) is 0 Å². The quantitative estimate of drug-likeness (QED) is 0.732. The van der Waals surface area contributed by atoms with Gasteiger partial charge in [-0.15, -0.1) is 0 Å². The molecule has 0 fully saturated rings. The van der Waals surface area contributed by atoms with Crippen molar-refractivity contribution >= 4 is 21.6 Å². The van der Waals surface area contributed by atoms with Crippen molar-refractivity contribution in [2.24, 2.45) is 0 Å². The fourth-order valence-electron chi connectivity index (χ4n) is 2.81. The summed E-state index contributed by atoms with van der Waals surface area (Å²) in [6, 6.07) is 9.49. The molecule has 158 valence electrons. The summed E-state index contributed by atoms with van der Waals surface area (Å²) in [6.07, 6.45) is -3.81. The first-order chi connectivity index (χ1) is 13.4. The summed E-state index contributed by atoms with van der Waals surface area (Å²) < 4.78 is 69.4. The zero-order chi connectivity index (χ0) is 21.8. The maximum absolute atomic E-state index is 13.0. The van der Waals surface area contributed by atoms with Gasteiger partial charge in [-0.3, -0.25) is 9.10 Å². The summed E-state index contributed by atoms with van der Waals surface area (Å²) in [5.41, 5.74) is -0.590. The standard InChI is InChI=1S/C19H21F3N2O4S/c1-13(18(25)23-12-14-7-4-5-10-17(14)28-2)24(29(3,26)27)16-9-6-8-15(11-16)19(20,21)22/h4-11,13H,12H2,1-3H3,(H,23,25)/t13-/m1/s1. The molecule has 2 rings (SSSR count). The fourth-order valence-corrected chi connectivity index (χ4v) is 3.97. The van der Waals surface area contributed by atoms with Gasteiger partial charge < -0.3 is 10.1 Å². The van der Waals surface area contributed by atoms with E-state index in [-0.39, 0.29) is 12.2 Å². The normalized spacial score (nSPS) is 12.9. The third-order valence-corrected chi connectivity index (χ3v) is 5.40. The van der Waals surface area contributed by atoms with Gasteiger partial charge in [-0.1, -0.05) is 24.3 Å². The number of carbonyl (C=O) groups is 1. The summed E-state index contributed by atoms with van der Waals surface area (Å²) in [4.78, 5) is 12.6. The lowest BCUT2D eigenvalue weighted by molar-refractivity contribution is -0.137. The number of amides is 1. The Morgan fingerprint density at radius 2 is 1.83 bits per heavy atom. The number of para-hydroxylation sites is 1. The molecule has 0 saturated heterocycles. The van der Waals surface area contributed by atoms with Gasteiger partial charge in [0.05, 0.1) is 24.6 Å². The molecule has 0 spiro atoms. The highest BCUT2D eigenvalue weighted by Crippen LogP contribution is 2.32. The molecule has 0 aliphatic carbocycles. The van der Waals surface area contributed by atoms with Crippen molar-refractivity contribution in [3.05, 3.63) is 59.7 Å².